The molecule has 0 radical (unpaired) electrons. The average molecular weight is 468 g/mol. The Morgan fingerprint density at radius 3 is 2.69 bits per heavy atom. The van der Waals surface area contributed by atoms with E-state index in [0.29, 0.717) is 16.3 Å². The molecule has 0 fully saturated rings. The first kappa shape index (κ1) is 19.4. The van der Waals surface area contributed by atoms with Crippen molar-refractivity contribution >= 4 is 61.5 Å². The van der Waals surface area contributed by atoms with Crippen molar-refractivity contribution in [1.29, 1.82) is 0 Å². The van der Waals surface area contributed by atoms with E-state index >= 15 is 0 Å². The number of pyridine rings is 2. The summed E-state index contributed by atoms with van der Waals surface area (Å²) in [6.07, 6.45) is 3.17. The summed E-state index contributed by atoms with van der Waals surface area (Å²) < 4.78 is 0.753. The zero-order chi connectivity index (χ0) is 20.4. The van der Waals surface area contributed by atoms with E-state index in [2.05, 4.69) is 36.5 Å². The maximum atomic E-state index is 12.5. The van der Waals surface area contributed by atoms with E-state index < -0.39 is 0 Å². The molecule has 29 heavy (non-hydrogen) atoms. The molecule has 4 rings (SSSR count). The Morgan fingerprint density at radius 1 is 1.03 bits per heavy atom. The van der Waals surface area contributed by atoms with Crippen LogP contribution in [0.25, 0.3) is 10.9 Å². The first-order valence-electron chi connectivity index (χ1n) is 8.84. The third-order valence-electron chi connectivity index (χ3n) is 4.34. The topological polar surface area (TPSA) is 66.9 Å². The lowest BCUT2D eigenvalue weighted by Gasteiger charge is -2.11. The van der Waals surface area contributed by atoms with Gasteiger partial charge in [-0.05, 0) is 76.9 Å². The highest BCUT2D eigenvalue weighted by Gasteiger charge is 2.09. The Kier molecular flexibility index (Phi) is 5.47. The molecule has 0 saturated heterocycles. The summed E-state index contributed by atoms with van der Waals surface area (Å²) in [6.45, 7) is 2.01. The smallest absolute Gasteiger partial charge is 0.257 e. The van der Waals surface area contributed by atoms with Gasteiger partial charge in [-0.1, -0.05) is 17.7 Å². The normalized spacial score (nSPS) is 10.7. The van der Waals surface area contributed by atoms with Crippen LogP contribution >= 0.6 is 27.5 Å². The van der Waals surface area contributed by atoms with Gasteiger partial charge in [0.15, 0.2) is 0 Å². The summed E-state index contributed by atoms with van der Waals surface area (Å²) in [5.74, 6) is 0.511. The maximum Gasteiger partial charge on any atom is 0.257 e. The third-order valence-corrected chi connectivity index (χ3v) is 5.01. The van der Waals surface area contributed by atoms with Gasteiger partial charge in [-0.15, -0.1) is 0 Å². The zero-order valence-corrected chi connectivity index (χ0v) is 17.8. The monoisotopic (exact) mass is 466 g/mol. The van der Waals surface area contributed by atoms with Crippen molar-refractivity contribution < 1.29 is 4.79 Å². The highest BCUT2D eigenvalue weighted by molar-refractivity contribution is 9.10. The lowest BCUT2D eigenvalue weighted by atomic mass is 10.1. The van der Waals surface area contributed by atoms with Crippen LogP contribution in [0.4, 0.5) is 17.2 Å². The molecule has 0 unspecified atom stereocenters. The summed E-state index contributed by atoms with van der Waals surface area (Å²) in [5, 5.41) is 7.81. The Labute approximate surface area is 181 Å². The number of carbonyl (C=O) groups excluding carboxylic acids is 1. The molecular formula is C22H16BrClN4O. The van der Waals surface area contributed by atoms with Crippen LogP contribution in [0.2, 0.25) is 5.02 Å². The molecule has 2 N–H and O–H groups in total. The second kappa shape index (κ2) is 8.19. The molecule has 5 nitrogen and oxygen atoms in total. The summed E-state index contributed by atoms with van der Waals surface area (Å²) in [6, 6.07) is 16.8. The lowest BCUT2D eigenvalue weighted by molar-refractivity contribution is 0.102. The molecule has 7 heteroatoms. The van der Waals surface area contributed by atoms with E-state index in [9.17, 15) is 4.79 Å². The van der Waals surface area contributed by atoms with E-state index in [1.165, 1.54) is 6.20 Å². The van der Waals surface area contributed by atoms with Crippen LogP contribution in [0.3, 0.4) is 0 Å². The summed E-state index contributed by atoms with van der Waals surface area (Å²) in [7, 11) is 0. The van der Waals surface area contributed by atoms with Gasteiger partial charge in [0.25, 0.3) is 5.91 Å². The Bertz CT molecular complexity index is 1230. The van der Waals surface area contributed by atoms with E-state index in [0.717, 1.165) is 32.4 Å². The minimum Gasteiger partial charge on any atom is -0.340 e. The Balaban J connectivity index is 1.59. The highest BCUT2D eigenvalue weighted by atomic mass is 79.9. The quantitative estimate of drug-likeness (QED) is 0.367. The highest BCUT2D eigenvalue weighted by Crippen LogP contribution is 2.26. The van der Waals surface area contributed by atoms with Gasteiger partial charge in [0.1, 0.15) is 5.82 Å². The molecule has 0 saturated carbocycles. The molecule has 0 bridgehead atoms. The van der Waals surface area contributed by atoms with Crippen LogP contribution in [0.15, 0.2) is 71.5 Å². The van der Waals surface area contributed by atoms with Crippen molar-refractivity contribution in [3.8, 4) is 0 Å². The number of nitrogens with zero attached hydrogens (tertiary/aromatic N) is 2. The van der Waals surface area contributed by atoms with Crippen molar-refractivity contribution in [3.05, 3.63) is 87.6 Å². The predicted molar refractivity (Wildman–Crippen MR) is 121 cm³/mol. The summed E-state index contributed by atoms with van der Waals surface area (Å²) in [5.41, 5.74) is 3.92. The lowest BCUT2D eigenvalue weighted by Crippen LogP contribution is -2.12. The number of benzene rings is 2. The first-order valence-corrected chi connectivity index (χ1v) is 10.0. The zero-order valence-electron chi connectivity index (χ0n) is 15.4. The molecule has 144 valence electrons. The van der Waals surface area contributed by atoms with Crippen molar-refractivity contribution in [2.24, 2.45) is 0 Å². The SMILES string of the molecule is Cc1cc(Nc2cccc(Cl)c2)nc2ccc(NC(=O)c3cncc(Br)c3)cc12. The fourth-order valence-electron chi connectivity index (χ4n) is 2.99. The Hall–Kier alpha value is -2.96. The van der Waals surface area contributed by atoms with Gasteiger partial charge in [-0.2, -0.15) is 0 Å². The van der Waals surface area contributed by atoms with Gasteiger partial charge in [0.2, 0.25) is 0 Å². The van der Waals surface area contributed by atoms with Crippen molar-refractivity contribution in [2.45, 2.75) is 6.92 Å². The second-order valence-corrected chi connectivity index (χ2v) is 7.89. The number of fused-ring (bicyclic) bond motifs is 1. The maximum absolute atomic E-state index is 12.5. The second-order valence-electron chi connectivity index (χ2n) is 6.54. The molecular weight excluding hydrogens is 452 g/mol. The van der Waals surface area contributed by atoms with Crippen LogP contribution in [0, 0.1) is 6.92 Å². The van der Waals surface area contributed by atoms with Crippen LogP contribution < -0.4 is 10.6 Å². The standard InChI is InChI=1S/C22H16BrClN4O/c1-13-7-21(26-17-4-2-3-16(24)9-17)28-20-6-5-18(10-19(13)20)27-22(29)14-8-15(23)12-25-11-14/h2-12H,1H3,(H,26,28)(H,27,29). The van der Waals surface area contributed by atoms with Crippen LogP contribution in [0.1, 0.15) is 15.9 Å². The molecule has 0 aliphatic heterocycles. The van der Waals surface area contributed by atoms with Gasteiger partial charge in [0, 0.05) is 38.7 Å². The van der Waals surface area contributed by atoms with Gasteiger partial charge in [0.05, 0.1) is 11.1 Å². The van der Waals surface area contributed by atoms with E-state index in [4.69, 9.17) is 11.6 Å². The number of amides is 1. The fraction of sp³-hybridized carbons (Fsp3) is 0.0455. The number of aromatic nitrogens is 2. The van der Waals surface area contributed by atoms with Crippen LogP contribution in [-0.2, 0) is 0 Å². The van der Waals surface area contributed by atoms with Gasteiger partial charge < -0.3 is 10.6 Å². The summed E-state index contributed by atoms with van der Waals surface area (Å²) in [4.78, 5) is 21.2. The third kappa shape index (κ3) is 4.55. The Morgan fingerprint density at radius 2 is 1.90 bits per heavy atom. The molecule has 0 spiro atoms. The number of halogens is 2. The molecule has 4 aromatic rings. The molecule has 2 aromatic heterocycles. The predicted octanol–water partition coefficient (Wildman–Crippen LogP) is 6.35. The number of carbonyl (C=O) groups is 1. The number of nitrogens with one attached hydrogen (secondary N) is 2. The molecule has 0 aliphatic rings. The number of hydrogen-bond acceptors (Lipinski definition) is 4. The number of hydrogen-bond donors (Lipinski definition) is 2. The van der Waals surface area contributed by atoms with Crippen molar-refractivity contribution in [3.63, 3.8) is 0 Å². The van der Waals surface area contributed by atoms with Crippen molar-refractivity contribution in [1.82, 2.24) is 9.97 Å². The van der Waals surface area contributed by atoms with E-state index in [-0.39, 0.29) is 5.91 Å². The first-order chi connectivity index (χ1) is 14.0. The molecule has 2 aromatic carbocycles. The van der Waals surface area contributed by atoms with Gasteiger partial charge >= 0.3 is 0 Å². The average Bonchev–Trinajstić information content (AvgIpc) is 2.68. The fourth-order valence-corrected chi connectivity index (χ4v) is 3.54. The van der Waals surface area contributed by atoms with Crippen LogP contribution in [-0.4, -0.2) is 15.9 Å². The minimum absolute atomic E-state index is 0.219. The molecule has 0 aliphatic carbocycles. The largest absolute Gasteiger partial charge is 0.340 e. The number of anilines is 3. The molecule has 2 heterocycles. The van der Waals surface area contributed by atoms with Crippen molar-refractivity contribution in [2.75, 3.05) is 10.6 Å². The van der Waals surface area contributed by atoms with E-state index in [1.54, 1.807) is 12.3 Å². The summed E-state index contributed by atoms with van der Waals surface area (Å²) >= 11 is 9.38. The van der Waals surface area contributed by atoms with Gasteiger partial charge in [-0.3, -0.25) is 9.78 Å². The number of rotatable bonds is 4. The minimum atomic E-state index is -0.219. The molecule has 1 amide bonds. The van der Waals surface area contributed by atoms with E-state index in [1.807, 2.05) is 55.5 Å². The van der Waals surface area contributed by atoms with Crippen LogP contribution in [0.5, 0.6) is 0 Å². The van der Waals surface area contributed by atoms with Gasteiger partial charge in [-0.25, -0.2) is 4.98 Å². The number of aryl methyl sites for hydroxylation is 1. The molecule has 0 atom stereocenters.